The Hall–Kier alpha value is -4.22. The summed E-state index contributed by atoms with van der Waals surface area (Å²) in [7, 11) is 1.59. The first-order valence-electron chi connectivity index (χ1n) is 12.4. The lowest BCUT2D eigenvalue weighted by atomic mass is 10.1. The summed E-state index contributed by atoms with van der Waals surface area (Å²) in [5.74, 6) is 1.43. The van der Waals surface area contributed by atoms with E-state index in [1.54, 1.807) is 42.7 Å². The van der Waals surface area contributed by atoms with Crippen molar-refractivity contribution in [3.63, 3.8) is 0 Å². The van der Waals surface area contributed by atoms with Crippen LogP contribution in [0.5, 0.6) is 17.5 Å². The number of benzene rings is 2. The summed E-state index contributed by atoms with van der Waals surface area (Å²) in [6.45, 7) is 0.752. The molecule has 3 heterocycles. The van der Waals surface area contributed by atoms with E-state index in [2.05, 4.69) is 25.3 Å². The highest BCUT2D eigenvalue weighted by Gasteiger charge is 2.24. The molecule has 1 amide bonds. The Kier molecular flexibility index (Phi) is 8.18. The zero-order valence-corrected chi connectivity index (χ0v) is 22.0. The van der Waals surface area contributed by atoms with E-state index in [9.17, 15) is 4.79 Å². The van der Waals surface area contributed by atoms with Crippen LogP contribution >= 0.6 is 11.6 Å². The monoisotopic (exact) mass is 550 g/mol. The summed E-state index contributed by atoms with van der Waals surface area (Å²) in [6.07, 6.45) is 5.90. The highest BCUT2D eigenvalue weighted by molar-refractivity contribution is 6.32. The number of piperidine rings is 1. The zero-order valence-electron chi connectivity index (χ0n) is 21.2. The molecule has 0 atom stereocenters. The quantitative estimate of drug-likeness (QED) is 0.317. The summed E-state index contributed by atoms with van der Waals surface area (Å²) in [5, 5.41) is 13.6. The average Bonchev–Trinajstić information content (AvgIpc) is 2.97. The molecule has 2 aromatic carbocycles. The van der Waals surface area contributed by atoms with Gasteiger partial charge in [0.15, 0.2) is 0 Å². The van der Waals surface area contributed by atoms with Gasteiger partial charge in [0.2, 0.25) is 5.91 Å². The molecule has 1 saturated heterocycles. The number of carbonyl (C=O) groups excluding carboxylic acids is 1. The number of ether oxygens (including phenoxy) is 3. The lowest BCUT2D eigenvalue weighted by Crippen LogP contribution is -2.43. The SMILES string of the molecule is COc1ccc2c(Nc3ccc(OCc4cnccn4)c(Cl)c3)nc(OC3CCN(C(=O)CO)CC3)nc2c1. The van der Waals surface area contributed by atoms with Crippen molar-refractivity contribution >= 4 is 39.9 Å². The molecule has 1 fully saturated rings. The number of hydrogen-bond donors (Lipinski definition) is 2. The van der Waals surface area contributed by atoms with Crippen molar-refractivity contribution in [3.05, 3.63) is 65.7 Å². The summed E-state index contributed by atoms with van der Waals surface area (Å²) < 4.78 is 17.3. The van der Waals surface area contributed by atoms with Crippen molar-refractivity contribution in [2.45, 2.75) is 25.6 Å². The van der Waals surface area contributed by atoms with Crippen LogP contribution in [0.15, 0.2) is 55.0 Å². The number of anilines is 2. The molecule has 0 spiro atoms. The van der Waals surface area contributed by atoms with Gasteiger partial charge >= 0.3 is 6.01 Å². The number of methoxy groups -OCH3 is 1. The predicted molar refractivity (Wildman–Crippen MR) is 145 cm³/mol. The highest BCUT2D eigenvalue weighted by atomic mass is 35.5. The van der Waals surface area contributed by atoms with Gasteiger partial charge in [-0.15, -0.1) is 0 Å². The molecule has 0 unspecified atom stereocenters. The Morgan fingerprint density at radius 1 is 1.15 bits per heavy atom. The first-order chi connectivity index (χ1) is 19.0. The number of hydrogen-bond acceptors (Lipinski definition) is 10. The standard InChI is InChI=1S/C27H27ClN6O5/c1-37-20-3-4-21-23(13-20)32-27(39-19-6-10-34(11-7-19)25(36)15-35)33-26(21)31-17-2-5-24(22(28)12-17)38-16-18-14-29-8-9-30-18/h2-5,8-9,12-14,19,35H,6-7,10-11,15-16H2,1H3,(H,31,32,33). The fourth-order valence-corrected chi connectivity index (χ4v) is 4.46. The lowest BCUT2D eigenvalue weighted by Gasteiger charge is -2.31. The maximum absolute atomic E-state index is 11.8. The van der Waals surface area contributed by atoms with Crippen molar-refractivity contribution in [2.75, 3.05) is 32.1 Å². The summed E-state index contributed by atoms with van der Waals surface area (Å²) in [5.41, 5.74) is 2.03. The van der Waals surface area contributed by atoms with E-state index < -0.39 is 6.61 Å². The molecule has 1 aliphatic rings. The second kappa shape index (κ2) is 12.1. The molecule has 5 rings (SSSR count). The van der Waals surface area contributed by atoms with E-state index >= 15 is 0 Å². The van der Waals surface area contributed by atoms with Gasteiger partial charge < -0.3 is 29.5 Å². The smallest absolute Gasteiger partial charge is 0.319 e. The van der Waals surface area contributed by atoms with Crippen molar-refractivity contribution in [1.82, 2.24) is 24.8 Å². The van der Waals surface area contributed by atoms with Crippen LogP contribution in [0.3, 0.4) is 0 Å². The second-order valence-electron chi connectivity index (χ2n) is 8.85. The third kappa shape index (κ3) is 6.44. The van der Waals surface area contributed by atoms with E-state index in [0.29, 0.717) is 65.2 Å². The number of halogens is 1. The summed E-state index contributed by atoms with van der Waals surface area (Å²) in [6, 6.07) is 11.1. The molecule has 0 bridgehead atoms. The Balaban J connectivity index is 1.35. The van der Waals surface area contributed by atoms with Gasteiger partial charge in [0.25, 0.3) is 0 Å². The van der Waals surface area contributed by atoms with Gasteiger partial charge in [-0.1, -0.05) is 11.6 Å². The van der Waals surface area contributed by atoms with Gasteiger partial charge in [-0.2, -0.15) is 9.97 Å². The molecule has 39 heavy (non-hydrogen) atoms. The van der Waals surface area contributed by atoms with E-state index in [1.807, 2.05) is 24.3 Å². The Bertz CT molecular complexity index is 1450. The van der Waals surface area contributed by atoms with Gasteiger partial charge in [0, 0.05) is 55.5 Å². The van der Waals surface area contributed by atoms with E-state index in [0.717, 1.165) is 5.39 Å². The Morgan fingerprint density at radius 3 is 2.72 bits per heavy atom. The molecule has 0 saturated carbocycles. The fourth-order valence-electron chi connectivity index (χ4n) is 4.22. The van der Waals surface area contributed by atoms with E-state index in [1.165, 1.54) is 0 Å². The number of carbonyl (C=O) groups is 1. The molecule has 2 aromatic heterocycles. The van der Waals surface area contributed by atoms with Gasteiger partial charge in [0.05, 0.1) is 29.5 Å². The molecule has 1 aliphatic heterocycles. The Labute approximate surface area is 229 Å². The van der Waals surface area contributed by atoms with Crippen LogP contribution in [0.1, 0.15) is 18.5 Å². The topological polar surface area (TPSA) is 132 Å². The molecular formula is C27H27ClN6O5. The van der Waals surface area contributed by atoms with Gasteiger partial charge in [-0.3, -0.25) is 14.8 Å². The van der Waals surface area contributed by atoms with E-state index in [-0.39, 0.29) is 24.6 Å². The number of aliphatic hydroxyl groups excluding tert-OH is 1. The maximum Gasteiger partial charge on any atom is 0.319 e. The van der Waals surface area contributed by atoms with Crippen LogP contribution in [0.25, 0.3) is 10.9 Å². The third-order valence-corrected chi connectivity index (χ3v) is 6.57. The van der Waals surface area contributed by atoms with Crippen molar-refractivity contribution in [2.24, 2.45) is 0 Å². The van der Waals surface area contributed by atoms with Crippen LogP contribution in [0, 0.1) is 0 Å². The number of aliphatic hydroxyl groups is 1. The fraction of sp³-hybridized carbons (Fsp3) is 0.296. The van der Waals surface area contributed by atoms with Gasteiger partial charge in [0.1, 0.15) is 36.6 Å². The lowest BCUT2D eigenvalue weighted by molar-refractivity contribution is -0.135. The van der Waals surface area contributed by atoms with Gasteiger partial charge in [-0.25, -0.2) is 0 Å². The largest absolute Gasteiger partial charge is 0.497 e. The van der Waals surface area contributed by atoms with Crippen LogP contribution in [-0.2, 0) is 11.4 Å². The number of aromatic nitrogens is 4. The molecule has 2 N–H and O–H groups in total. The summed E-state index contributed by atoms with van der Waals surface area (Å²) in [4.78, 5) is 30.9. The molecule has 0 aliphatic carbocycles. The molecule has 202 valence electrons. The van der Waals surface area contributed by atoms with Crippen molar-refractivity contribution in [3.8, 4) is 17.5 Å². The number of nitrogens with zero attached hydrogens (tertiary/aromatic N) is 5. The second-order valence-corrected chi connectivity index (χ2v) is 9.26. The van der Waals surface area contributed by atoms with Gasteiger partial charge in [-0.05, 0) is 30.3 Å². The zero-order chi connectivity index (χ0) is 27.2. The number of rotatable bonds is 9. The van der Waals surface area contributed by atoms with E-state index in [4.69, 9.17) is 30.9 Å². The molecule has 4 aromatic rings. The Morgan fingerprint density at radius 2 is 2.00 bits per heavy atom. The molecule has 0 radical (unpaired) electrons. The minimum atomic E-state index is -0.491. The number of fused-ring (bicyclic) bond motifs is 1. The first-order valence-corrected chi connectivity index (χ1v) is 12.8. The maximum atomic E-state index is 11.8. The minimum Gasteiger partial charge on any atom is -0.497 e. The number of amides is 1. The molecular weight excluding hydrogens is 524 g/mol. The molecule has 11 nitrogen and oxygen atoms in total. The molecule has 12 heteroatoms. The highest BCUT2D eigenvalue weighted by Crippen LogP contribution is 2.33. The normalized spacial score (nSPS) is 13.8. The van der Waals surface area contributed by atoms with Crippen molar-refractivity contribution < 1.29 is 24.1 Å². The van der Waals surface area contributed by atoms with Crippen molar-refractivity contribution in [1.29, 1.82) is 0 Å². The van der Waals surface area contributed by atoms with Crippen LogP contribution in [-0.4, -0.2) is 68.8 Å². The minimum absolute atomic E-state index is 0.163. The number of nitrogens with one attached hydrogen (secondary N) is 1. The first kappa shape index (κ1) is 26.4. The van der Waals surface area contributed by atoms with Crippen LogP contribution < -0.4 is 19.5 Å². The number of likely N-dealkylation sites (tertiary alicyclic amines) is 1. The van der Waals surface area contributed by atoms with Crippen LogP contribution in [0.4, 0.5) is 11.5 Å². The predicted octanol–water partition coefficient (Wildman–Crippen LogP) is 3.77. The van der Waals surface area contributed by atoms with Crippen LogP contribution in [0.2, 0.25) is 5.02 Å². The third-order valence-electron chi connectivity index (χ3n) is 6.27. The average molecular weight is 551 g/mol. The summed E-state index contributed by atoms with van der Waals surface area (Å²) >= 11 is 6.51.